The average molecular weight is 385 g/mol. The van der Waals surface area contributed by atoms with Crippen LogP contribution in [0.1, 0.15) is 58.8 Å². The molecule has 3 amide bonds. The third-order valence-corrected chi connectivity index (χ3v) is 4.71. The number of nitrogens with one attached hydrogen (secondary N) is 3. The third kappa shape index (κ3) is 10.3. The van der Waals surface area contributed by atoms with Gasteiger partial charge in [0.1, 0.15) is 6.04 Å². The highest BCUT2D eigenvalue weighted by molar-refractivity contribution is 5.88. The van der Waals surface area contributed by atoms with Crippen LogP contribution in [0.15, 0.2) is 0 Å². The normalized spacial score (nSPS) is 21.2. The summed E-state index contributed by atoms with van der Waals surface area (Å²) < 4.78 is 0. The number of rotatable bonds is 7. The molecule has 0 spiro atoms. The number of hydroxylamine groups is 2. The molecule has 8 nitrogen and oxygen atoms in total. The molecule has 1 rings (SSSR count). The van der Waals surface area contributed by atoms with Crippen LogP contribution in [-0.4, -0.2) is 60.7 Å². The summed E-state index contributed by atoms with van der Waals surface area (Å²) in [5.74, 6) is -0.790. The Hall–Kier alpha value is -1.67. The summed E-state index contributed by atoms with van der Waals surface area (Å²) in [7, 11) is 0. The van der Waals surface area contributed by atoms with E-state index in [1.54, 1.807) is 0 Å². The fraction of sp³-hybridized carbons (Fsp3) is 0.842. The summed E-state index contributed by atoms with van der Waals surface area (Å²) in [5, 5.41) is 19.1. The lowest BCUT2D eigenvalue weighted by atomic mass is 9.95. The maximum atomic E-state index is 12.7. The van der Waals surface area contributed by atoms with Gasteiger partial charge in [0.2, 0.25) is 18.2 Å². The first kappa shape index (κ1) is 23.4. The minimum absolute atomic E-state index is 0.0776. The minimum Gasteiger partial charge on any atom is -0.354 e. The maximum Gasteiger partial charge on any atom is 0.242 e. The van der Waals surface area contributed by atoms with Crippen molar-refractivity contribution in [1.82, 2.24) is 21.0 Å². The van der Waals surface area contributed by atoms with Crippen LogP contribution in [0, 0.1) is 11.8 Å². The van der Waals surface area contributed by atoms with Crippen LogP contribution in [0.3, 0.4) is 0 Å². The zero-order valence-electron chi connectivity index (χ0n) is 16.7. The van der Waals surface area contributed by atoms with Crippen LogP contribution in [0.4, 0.5) is 0 Å². The number of amides is 3. The zero-order valence-corrected chi connectivity index (χ0v) is 16.7. The molecular formula is C19H36N4O4. The Morgan fingerprint density at radius 3 is 2.56 bits per heavy atom. The van der Waals surface area contributed by atoms with Crippen molar-refractivity contribution >= 4 is 18.2 Å². The molecule has 0 aromatic carbocycles. The first-order valence-electron chi connectivity index (χ1n) is 10.1. The predicted molar refractivity (Wildman–Crippen MR) is 103 cm³/mol. The molecule has 27 heavy (non-hydrogen) atoms. The highest BCUT2D eigenvalue weighted by Crippen LogP contribution is 2.14. The standard InChI is InChI=1S/C19H36N4O4/c1-15(2)12-16(13-23(27)14-24)18(25)22-17-8-4-7-10-20-9-5-3-6-11-21-19(17)26/h14-17,20,27H,3-13H2,1-2H3,(H,21,26)(H,22,25)/t16?,17-/m0/s1. The topological polar surface area (TPSA) is 111 Å². The van der Waals surface area contributed by atoms with E-state index < -0.39 is 12.0 Å². The lowest BCUT2D eigenvalue weighted by Crippen LogP contribution is -2.50. The highest BCUT2D eigenvalue weighted by atomic mass is 16.5. The van der Waals surface area contributed by atoms with Gasteiger partial charge in [-0.1, -0.05) is 20.3 Å². The second kappa shape index (κ2) is 13.5. The molecule has 156 valence electrons. The molecule has 0 saturated carbocycles. The smallest absolute Gasteiger partial charge is 0.242 e. The molecule has 1 unspecified atom stereocenters. The van der Waals surface area contributed by atoms with E-state index in [9.17, 15) is 19.6 Å². The molecule has 1 fully saturated rings. The number of carbonyl (C=O) groups excluding carboxylic acids is 3. The molecule has 0 bridgehead atoms. The Bertz CT molecular complexity index is 459. The van der Waals surface area contributed by atoms with Crippen LogP contribution >= 0.6 is 0 Å². The fourth-order valence-electron chi connectivity index (χ4n) is 3.27. The van der Waals surface area contributed by atoms with Crippen molar-refractivity contribution in [3.8, 4) is 0 Å². The summed E-state index contributed by atoms with van der Waals surface area (Å²) >= 11 is 0. The number of hydrogen-bond donors (Lipinski definition) is 4. The quantitative estimate of drug-likeness (QED) is 0.298. The molecule has 0 aliphatic carbocycles. The summed E-state index contributed by atoms with van der Waals surface area (Å²) in [4.78, 5) is 35.9. The van der Waals surface area contributed by atoms with Gasteiger partial charge in [-0.3, -0.25) is 19.6 Å². The zero-order chi connectivity index (χ0) is 20.1. The van der Waals surface area contributed by atoms with E-state index in [4.69, 9.17) is 0 Å². The molecule has 1 heterocycles. The van der Waals surface area contributed by atoms with Crippen molar-refractivity contribution < 1.29 is 19.6 Å². The van der Waals surface area contributed by atoms with Gasteiger partial charge in [0.25, 0.3) is 0 Å². The maximum absolute atomic E-state index is 12.7. The summed E-state index contributed by atoms with van der Waals surface area (Å²) in [6.45, 7) is 6.39. The molecular weight excluding hydrogens is 348 g/mol. The second-order valence-electron chi connectivity index (χ2n) is 7.71. The molecule has 8 heteroatoms. The summed E-state index contributed by atoms with van der Waals surface area (Å²) in [6.07, 6.45) is 6.24. The largest absolute Gasteiger partial charge is 0.354 e. The van der Waals surface area contributed by atoms with Crippen LogP contribution in [0.25, 0.3) is 0 Å². The Labute approximate surface area is 162 Å². The summed E-state index contributed by atoms with van der Waals surface area (Å²) in [6, 6.07) is -0.587. The van der Waals surface area contributed by atoms with E-state index in [1.165, 1.54) is 0 Å². The van der Waals surface area contributed by atoms with E-state index in [-0.39, 0.29) is 24.3 Å². The molecule has 1 aliphatic rings. The van der Waals surface area contributed by atoms with Gasteiger partial charge in [-0.25, -0.2) is 5.06 Å². The van der Waals surface area contributed by atoms with Crippen molar-refractivity contribution in [3.05, 3.63) is 0 Å². The van der Waals surface area contributed by atoms with Crippen LogP contribution < -0.4 is 16.0 Å². The van der Waals surface area contributed by atoms with Gasteiger partial charge < -0.3 is 16.0 Å². The lowest BCUT2D eigenvalue weighted by Gasteiger charge is -2.24. The molecule has 0 aromatic rings. The van der Waals surface area contributed by atoms with Crippen molar-refractivity contribution in [1.29, 1.82) is 0 Å². The van der Waals surface area contributed by atoms with E-state index >= 15 is 0 Å². The van der Waals surface area contributed by atoms with Crippen molar-refractivity contribution in [2.45, 2.75) is 64.8 Å². The molecule has 0 aromatic heterocycles. The molecule has 2 atom stereocenters. The van der Waals surface area contributed by atoms with Gasteiger partial charge in [0, 0.05) is 6.54 Å². The minimum atomic E-state index is -0.587. The SMILES string of the molecule is CC(C)CC(CN(O)C=O)C(=O)N[C@H]1CCCCNCCCCCNC1=O. The van der Waals surface area contributed by atoms with Crippen LogP contribution in [0.2, 0.25) is 0 Å². The van der Waals surface area contributed by atoms with Gasteiger partial charge >= 0.3 is 0 Å². The number of carbonyl (C=O) groups is 3. The van der Waals surface area contributed by atoms with E-state index in [0.717, 1.165) is 45.2 Å². The number of nitrogens with zero attached hydrogens (tertiary/aromatic N) is 1. The van der Waals surface area contributed by atoms with Gasteiger partial charge in [-0.2, -0.15) is 0 Å². The van der Waals surface area contributed by atoms with Crippen molar-refractivity contribution in [3.63, 3.8) is 0 Å². The first-order chi connectivity index (χ1) is 12.9. The van der Waals surface area contributed by atoms with Gasteiger partial charge in [0.15, 0.2) is 0 Å². The lowest BCUT2D eigenvalue weighted by molar-refractivity contribution is -0.155. The van der Waals surface area contributed by atoms with Crippen molar-refractivity contribution in [2.75, 3.05) is 26.2 Å². The Morgan fingerprint density at radius 1 is 1.22 bits per heavy atom. The van der Waals surface area contributed by atoms with E-state index in [1.807, 2.05) is 13.8 Å². The van der Waals surface area contributed by atoms with Crippen molar-refractivity contribution in [2.24, 2.45) is 11.8 Å². The fourth-order valence-corrected chi connectivity index (χ4v) is 3.27. The Kier molecular flexibility index (Phi) is 11.7. The van der Waals surface area contributed by atoms with E-state index in [2.05, 4.69) is 16.0 Å². The molecule has 1 aliphatic heterocycles. The molecule has 1 saturated heterocycles. The average Bonchev–Trinajstić information content (AvgIpc) is 2.64. The molecule has 4 N–H and O–H groups in total. The monoisotopic (exact) mass is 384 g/mol. The third-order valence-electron chi connectivity index (χ3n) is 4.71. The highest BCUT2D eigenvalue weighted by Gasteiger charge is 2.27. The van der Waals surface area contributed by atoms with Gasteiger partial charge in [0.05, 0.1) is 12.5 Å². The first-order valence-corrected chi connectivity index (χ1v) is 10.1. The van der Waals surface area contributed by atoms with E-state index in [0.29, 0.717) is 30.9 Å². The van der Waals surface area contributed by atoms with Gasteiger partial charge in [-0.05, 0) is 57.5 Å². The second-order valence-corrected chi connectivity index (χ2v) is 7.71. The van der Waals surface area contributed by atoms with Crippen LogP contribution in [-0.2, 0) is 14.4 Å². The molecule has 0 radical (unpaired) electrons. The van der Waals surface area contributed by atoms with Crippen LogP contribution in [0.5, 0.6) is 0 Å². The predicted octanol–water partition coefficient (Wildman–Crippen LogP) is 1.04. The summed E-state index contributed by atoms with van der Waals surface area (Å²) in [5.41, 5.74) is 0. The Balaban J connectivity index is 2.71. The Morgan fingerprint density at radius 2 is 1.89 bits per heavy atom. The number of hydrogen-bond acceptors (Lipinski definition) is 5. The van der Waals surface area contributed by atoms with Gasteiger partial charge in [-0.15, -0.1) is 0 Å².